The van der Waals surface area contributed by atoms with E-state index in [-0.39, 0.29) is 6.61 Å². The minimum absolute atomic E-state index is 0.288. The van der Waals surface area contributed by atoms with E-state index < -0.39 is 74.6 Å². The molecule has 0 saturated carbocycles. The summed E-state index contributed by atoms with van der Waals surface area (Å²) in [5.74, 6) is 0. The van der Waals surface area contributed by atoms with Crippen LogP contribution in [0.5, 0.6) is 0 Å². The van der Waals surface area contributed by atoms with E-state index >= 15 is 0 Å². The SMILES string of the molecule is CCCCCCCCCCCCOC1O[C@H](CO)[C@@H](O)[C@H](O)[C@H]1OC1O[C@H](CO)[C@@H](O)[C@H](O)[C@H]1O. The predicted octanol–water partition coefficient (Wildman–Crippen LogP) is -0.452. The molecule has 0 aliphatic carbocycles. The molecule has 2 heterocycles. The van der Waals surface area contributed by atoms with Crippen LogP contribution < -0.4 is 0 Å². The lowest BCUT2D eigenvalue weighted by Gasteiger charge is -2.45. The van der Waals surface area contributed by atoms with Crippen LogP contribution >= 0.6 is 0 Å². The van der Waals surface area contributed by atoms with E-state index in [4.69, 9.17) is 18.9 Å². The maximum atomic E-state index is 10.6. The van der Waals surface area contributed by atoms with Crippen molar-refractivity contribution in [2.45, 2.75) is 133 Å². The summed E-state index contributed by atoms with van der Waals surface area (Å²) in [6.45, 7) is 1.30. The summed E-state index contributed by atoms with van der Waals surface area (Å²) in [5.41, 5.74) is 0. The van der Waals surface area contributed by atoms with Crippen LogP contribution in [0.4, 0.5) is 0 Å². The van der Waals surface area contributed by atoms with E-state index in [0.29, 0.717) is 0 Å². The van der Waals surface area contributed by atoms with Crippen molar-refractivity contribution in [3.8, 4) is 0 Å². The molecule has 2 rings (SSSR count). The Kier molecular flexibility index (Phi) is 14.4. The molecule has 0 spiro atoms. The van der Waals surface area contributed by atoms with Crippen LogP contribution in [-0.2, 0) is 18.9 Å². The molecular weight excluding hydrogens is 464 g/mol. The average molecular weight is 511 g/mol. The Balaban J connectivity index is 1.84. The minimum Gasteiger partial charge on any atom is -0.394 e. The Morgan fingerprint density at radius 1 is 0.571 bits per heavy atom. The van der Waals surface area contributed by atoms with Crippen LogP contribution in [0.1, 0.15) is 71.1 Å². The van der Waals surface area contributed by atoms with Crippen molar-refractivity contribution in [2.75, 3.05) is 19.8 Å². The molecule has 0 aromatic heterocycles. The van der Waals surface area contributed by atoms with Crippen LogP contribution in [0, 0.1) is 0 Å². The highest BCUT2D eigenvalue weighted by molar-refractivity contribution is 4.93. The number of hydrogen-bond donors (Lipinski definition) is 7. The highest BCUT2D eigenvalue weighted by Crippen LogP contribution is 2.29. The lowest BCUT2D eigenvalue weighted by atomic mass is 9.97. The van der Waals surface area contributed by atoms with E-state index in [1.165, 1.54) is 38.5 Å². The Morgan fingerprint density at radius 3 is 1.60 bits per heavy atom. The van der Waals surface area contributed by atoms with Gasteiger partial charge in [-0.15, -0.1) is 0 Å². The molecule has 208 valence electrons. The molecule has 11 nitrogen and oxygen atoms in total. The Bertz CT molecular complexity index is 552. The van der Waals surface area contributed by atoms with Gasteiger partial charge in [-0.05, 0) is 6.42 Å². The van der Waals surface area contributed by atoms with Crippen LogP contribution in [-0.4, -0.2) is 117 Å². The van der Waals surface area contributed by atoms with Crippen LogP contribution in [0.25, 0.3) is 0 Å². The molecule has 0 bridgehead atoms. The van der Waals surface area contributed by atoms with E-state index in [2.05, 4.69) is 6.92 Å². The monoisotopic (exact) mass is 510 g/mol. The van der Waals surface area contributed by atoms with Gasteiger partial charge in [0.15, 0.2) is 12.6 Å². The predicted molar refractivity (Wildman–Crippen MR) is 124 cm³/mol. The standard InChI is InChI=1S/C24H46O11/c1-2-3-4-5-6-7-8-9-10-11-12-32-24-22(20(30)18(28)16(14-26)34-24)35-23-21(31)19(29)17(27)15(13-25)33-23/h15-31H,2-14H2,1H3/t15-,16-,17-,18-,19+,20+,21-,22-,23?,24?/m1/s1. The molecule has 0 aromatic rings. The third-order valence-corrected chi connectivity index (χ3v) is 6.74. The van der Waals surface area contributed by atoms with Gasteiger partial charge >= 0.3 is 0 Å². The summed E-state index contributed by atoms with van der Waals surface area (Å²) in [7, 11) is 0. The first kappa shape index (κ1) is 30.8. The summed E-state index contributed by atoms with van der Waals surface area (Å²) >= 11 is 0. The van der Waals surface area contributed by atoms with Gasteiger partial charge in [0.2, 0.25) is 0 Å². The van der Waals surface area contributed by atoms with Gasteiger partial charge in [0.25, 0.3) is 0 Å². The maximum absolute atomic E-state index is 10.6. The number of unbranched alkanes of at least 4 members (excludes halogenated alkanes) is 9. The van der Waals surface area contributed by atoms with Crippen molar-refractivity contribution in [3.05, 3.63) is 0 Å². The van der Waals surface area contributed by atoms with Gasteiger partial charge in [0.05, 0.1) is 13.2 Å². The molecule has 0 aromatic carbocycles. The number of aliphatic hydroxyl groups is 7. The van der Waals surface area contributed by atoms with E-state index in [9.17, 15) is 35.7 Å². The van der Waals surface area contributed by atoms with E-state index in [1.54, 1.807) is 0 Å². The lowest BCUT2D eigenvalue weighted by molar-refractivity contribution is -0.367. The Hall–Kier alpha value is -0.440. The fourth-order valence-corrected chi connectivity index (χ4v) is 4.46. The molecular formula is C24H46O11. The highest BCUT2D eigenvalue weighted by Gasteiger charge is 2.50. The zero-order chi connectivity index (χ0) is 25.8. The Labute approximate surface area is 207 Å². The molecule has 2 saturated heterocycles. The zero-order valence-corrected chi connectivity index (χ0v) is 20.7. The smallest absolute Gasteiger partial charge is 0.187 e. The van der Waals surface area contributed by atoms with Gasteiger partial charge in [0, 0.05) is 6.61 Å². The van der Waals surface area contributed by atoms with Crippen molar-refractivity contribution < 1.29 is 54.7 Å². The van der Waals surface area contributed by atoms with Crippen molar-refractivity contribution in [1.82, 2.24) is 0 Å². The largest absolute Gasteiger partial charge is 0.394 e. The van der Waals surface area contributed by atoms with Crippen LogP contribution in [0.2, 0.25) is 0 Å². The first-order chi connectivity index (χ1) is 16.8. The fourth-order valence-electron chi connectivity index (χ4n) is 4.46. The molecule has 11 heteroatoms. The van der Waals surface area contributed by atoms with Gasteiger partial charge in [-0.25, -0.2) is 0 Å². The van der Waals surface area contributed by atoms with E-state index in [0.717, 1.165) is 25.7 Å². The van der Waals surface area contributed by atoms with Gasteiger partial charge < -0.3 is 54.7 Å². The normalized spacial score (nSPS) is 38.1. The maximum Gasteiger partial charge on any atom is 0.187 e. The van der Waals surface area contributed by atoms with Crippen molar-refractivity contribution >= 4 is 0 Å². The second-order valence-electron chi connectivity index (χ2n) is 9.56. The van der Waals surface area contributed by atoms with Gasteiger partial charge in [-0.2, -0.15) is 0 Å². The van der Waals surface area contributed by atoms with Gasteiger partial charge in [-0.1, -0.05) is 64.7 Å². The molecule has 2 unspecified atom stereocenters. The molecule has 35 heavy (non-hydrogen) atoms. The number of aliphatic hydroxyl groups excluding tert-OH is 7. The molecule has 2 fully saturated rings. The zero-order valence-electron chi connectivity index (χ0n) is 20.7. The molecule has 2 aliphatic rings. The van der Waals surface area contributed by atoms with Gasteiger partial charge in [0.1, 0.15) is 48.8 Å². The minimum atomic E-state index is -1.68. The van der Waals surface area contributed by atoms with Crippen molar-refractivity contribution in [2.24, 2.45) is 0 Å². The fraction of sp³-hybridized carbons (Fsp3) is 1.00. The first-order valence-electron chi connectivity index (χ1n) is 13.1. The number of rotatable bonds is 16. The lowest BCUT2D eigenvalue weighted by Crippen LogP contribution is -2.64. The summed E-state index contributed by atoms with van der Waals surface area (Å²) in [6, 6.07) is 0. The highest BCUT2D eigenvalue weighted by atomic mass is 16.8. The Morgan fingerprint density at radius 2 is 1.06 bits per heavy atom. The summed E-state index contributed by atoms with van der Waals surface area (Å²) in [4.78, 5) is 0. The molecule has 0 amide bonds. The number of hydrogen-bond acceptors (Lipinski definition) is 11. The number of ether oxygens (including phenoxy) is 4. The third kappa shape index (κ3) is 9.11. The van der Waals surface area contributed by atoms with Crippen LogP contribution in [0.3, 0.4) is 0 Å². The van der Waals surface area contributed by atoms with Gasteiger partial charge in [-0.3, -0.25) is 0 Å². The average Bonchev–Trinajstić information content (AvgIpc) is 2.86. The topological polar surface area (TPSA) is 179 Å². The molecule has 7 N–H and O–H groups in total. The van der Waals surface area contributed by atoms with E-state index in [1.807, 2.05) is 0 Å². The van der Waals surface area contributed by atoms with Crippen LogP contribution in [0.15, 0.2) is 0 Å². The first-order valence-corrected chi connectivity index (χ1v) is 13.1. The quantitative estimate of drug-likeness (QED) is 0.134. The van der Waals surface area contributed by atoms with Crippen molar-refractivity contribution in [3.63, 3.8) is 0 Å². The molecule has 2 aliphatic heterocycles. The summed E-state index contributed by atoms with van der Waals surface area (Å²) in [6.07, 6.45) is -2.75. The molecule has 10 atom stereocenters. The van der Waals surface area contributed by atoms with Crippen molar-refractivity contribution in [1.29, 1.82) is 0 Å². The summed E-state index contributed by atoms with van der Waals surface area (Å²) in [5, 5.41) is 69.9. The molecule has 0 radical (unpaired) electrons. The second-order valence-corrected chi connectivity index (χ2v) is 9.56. The summed E-state index contributed by atoms with van der Waals surface area (Å²) < 4.78 is 22.3. The second kappa shape index (κ2) is 16.4. The third-order valence-electron chi connectivity index (χ3n) is 6.74.